The molecular formula is C12H11ClN2OS. The van der Waals surface area contributed by atoms with Gasteiger partial charge in [-0.05, 0) is 36.1 Å². The van der Waals surface area contributed by atoms with Crippen LogP contribution in [0.1, 0.15) is 15.9 Å². The Morgan fingerprint density at radius 1 is 1.47 bits per heavy atom. The highest BCUT2D eigenvalue weighted by atomic mass is 35.5. The van der Waals surface area contributed by atoms with Gasteiger partial charge in [-0.3, -0.25) is 4.79 Å². The number of nitrogen functional groups attached to an aromatic ring is 1. The van der Waals surface area contributed by atoms with Gasteiger partial charge in [0.15, 0.2) is 0 Å². The normalized spacial score (nSPS) is 10.2. The van der Waals surface area contributed by atoms with Crippen molar-refractivity contribution in [1.82, 2.24) is 0 Å². The van der Waals surface area contributed by atoms with Gasteiger partial charge in [0.2, 0.25) is 0 Å². The zero-order chi connectivity index (χ0) is 12.4. The highest BCUT2D eigenvalue weighted by Gasteiger charge is 2.09. The lowest BCUT2D eigenvalue weighted by atomic mass is 10.1. The van der Waals surface area contributed by atoms with Gasteiger partial charge in [0.1, 0.15) is 0 Å². The van der Waals surface area contributed by atoms with Crippen molar-refractivity contribution in [2.45, 2.75) is 6.92 Å². The van der Waals surface area contributed by atoms with Gasteiger partial charge in [0, 0.05) is 11.1 Å². The first-order chi connectivity index (χ1) is 8.08. The smallest absolute Gasteiger partial charge is 0.256 e. The molecule has 0 saturated carbocycles. The summed E-state index contributed by atoms with van der Waals surface area (Å²) in [4.78, 5) is 11.8. The Hall–Kier alpha value is -1.52. The summed E-state index contributed by atoms with van der Waals surface area (Å²) in [6, 6.07) is 5.18. The minimum absolute atomic E-state index is 0.143. The van der Waals surface area contributed by atoms with Gasteiger partial charge in [0.25, 0.3) is 5.91 Å². The predicted molar refractivity (Wildman–Crippen MR) is 72.9 cm³/mol. The second-order valence-electron chi connectivity index (χ2n) is 3.65. The van der Waals surface area contributed by atoms with Crippen LogP contribution in [0.15, 0.2) is 29.0 Å². The number of hydrogen-bond acceptors (Lipinski definition) is 3. The standard InChI is InChI=1S/C12H11ClN2OS/c1-7-4-10(14)9(13)5-11(7)15-12(16)8-2-3-17-6-8/h2-6H,14H2,1H3,(H,15,16). The van der Waals surface area contributed by atoms with Crippen LogP contribution in [-0.2, 0) is 0 Å². The average molecular weight is 267 g/mol. The molecule has 0 unspecified atom stereocenters. The van der Waals surface area contributed by atoms with E-state index in [1.54, 1.807) is 23.6 Å². The number of carbonyl (C=O) groups excluding carboxylic acids is 1. The van der Waals surface area contributed by atoms with E-state index in [1.807, 2.05) is 12.3 Å². The first-order valence-electron chi connectivity index (χ1n) is 4.97. The molecule has 3 N–H and O–H groups in total. The van der Waals surface area contributed by atoms with Crippen LogP contribution in [0.5, 0.6) is 0 Å². The van der Waals surface area contributed by atoms with Crippen LogP contribution in [0.3, 0.4) is 0 Å². The molecule has 0 aliphatic heterocycles. The molecule has 0 spiro atoms. The van der Waals surface area contributed by atoms with E-state index in [9.17, 15) is 4.79 Å². The molecule has 17 heavy (non-hydrogen) atoms. The lowest BCUT2D eigenvalue weighted by molar-refractivity contribution is 0.102. The maximum Gasteiger partial charge on any atom is 0.256 e. The third-order valence-corrected chi connectivity index (χ3v) is 3.39. The minimum atomic E-state index is -0.143. The van der Waals surface area contributed by atoms with E-state index in [4.69, 9.17) is 17.3 Å². The van der Waals surface area contributed by atoms with E-state index in [0.717, 1.165) is 5.56 Å². The summed E-state index contributed by atoms with van der Waals surface area (Å²) >= 11 is 7.40. The molecule has 1 heterocycles. The van der Waals surface area contributed by atoms with E-state index in [1.165, 1.54) is 11.3 Å². The number of halogens is 1. The monoisotopic (exact) mass is 266 g/mol. The van der Waals surface area contributed by atoms with E-state index in [-0.39, 0.29) is 5.91 Å². The summed E-state index contributed by atoms with van der Waals surface area (Å²) in [5, 5.41) is 6.90. The first kappa shape index (κ1) is 12.0. The average Bonchev–Trinajstić information content (AvgIpc) is 2.79. The maximum atomic E-state index is 11.8. The first-order valence-corrected chi connectivity index (χ1v) is 6.29. The molecule has 5 heteroatoms. The van der Waals surface area contributed by atoms with E-state index < -0.39 is 0 Å². The van der Waals surface area contributed by atoms with Crippen molar-refractivity contribution in [3.63, 3.8) is 0 Å². The highest BCUT2D eigenvalue weighted by Crippen LogP contribution is 2.27. The minimum Gasteiger partial charge on any atom is -0.398 e. The number of nitrogens with one attached hydrogen (secondary N) is 1. The number of rotatable bonds is 2. The summed E-state index contributed by atoms with van der Waals surface area (Å²) in [5.41, 5.74) is 8.39. The third kappa shape index (κ3) is 2.60. The molecule has 0 saturated heterocycles. The van der Waals surface area contributed by atoms with Crippen LogP contribution >= 0.6 is 22.9 Å². The van der Waals surface area contributed by atoms with Gasteiger partial charge in [-0.25, -0.2) is 0 Å². The van der Waals surface area contributed by atoms with Crippen LogP contribution in [-0.4, -0.2) is 5.91 Å². The fourth-order valence-electron chi connectivity index (χ4n) is 1.43. The molecule has 0 bridgehead atoms. The van der Waals surface area contributed by atoms with Gasteiger partial charge in [0.05, 0.1) is 16.3 Å². The molecule has 3 nitrogen and oxygen atoms in total. The Kier molecular flexibility index (Phi) is 3.36. The molecule has 0 aliphatic carbocycles. The molecule has 0 fully saturated rings. The zero-order valence-corrected chi connectivity index (χ0v) is 10.7. The predicted octanol–water partition coefficient (Wildman–Crippen LogP) is 3.54. The second kappa shape index (κ2) is 4.77. The Morgan fingerprint density at radius 3 is 2.88 bits per heavy atom. The van der Waals surface area contributed by atoms with Crippen molar-refractivity contribution in [2.75, 3.05) is 11.1 Å². The number of nitrogens with two attached hydrogens (primary N) is 1. The lowest BCUT2D eigenvalue weighted by Gasteiger charge is -2.09. The largest absolute Gasteiger partial charge is 0.398 e. The topological polar surface area (TPSA) is 55.1 Å². The van der Waals surface area contributed by atoms with Crippen LogP contribution in [0.2, 0.25) is 5.02 Å². The molecule has 2 rings (SSSR count). The highest BCUT2D eigenvalue weighted by molar-refractivity contribution is 7.08. The van der Waals surface area contributed by atoms with Gasteiger partial charge >= 0.3 is 0 Å². The fraction of sp³-hybridized carbons (Fsp3) is 0.0833. The van der Waals surface area contributed by atoms with E-state index in [0.29, 0.717) is 22.0 Å². The van der Waals surface area contributed by atoms with Gasteiger partial charge < -0.3 is 11.1 Å². The van der Waals surface area contributed by atoms with Crippen LogP contribution in [0.4, 0.5) is 11.4 Å². The molecule has 88 valence electrons. The number of amides is 1. The van der Waals surface area contributed by atoms with E-state index in [2.05, 4.69) is 5.32 Å². The third-order valence-electron chi connectivity index (χ3n) is 2.38. The molecular weight excluding hydrogens is 256 g/mol. The van der Waals surface area contributed by atoms with Crippen molar-refractivity contribution in [2.24, 2.45) is 0 Å². The second-order valence-corrected chi connectivity index (χ2v) is 4.84. The number of benzene rings is 1. The fourth-order valence-corrected chi connectivity index (χ4v) is 2.23. The Labute approximate surface area is 108 Å². The zero-order valence-electron chi connectivity index (χ0n) is 9.16. The molecule has 0 aliphatic rings. The Bertz CT molecular complexity index is 552. The summed E-state index contributed by atoms with van der Waals surface area (Å²) < 4.78 is 0. The van der Waals surface area contributed by atoms with Gasteiger partial charge in [-0.15, -0.1) is 0 Å². The Balaban J connectivity index is 2.25. The van der Waals surface area contributed by atoms with Crippen LogP contribution in [0.25, 0.3) is 0 Å². The summed E-state index contributed by atoms with van der Waals surface area (Å²) in [5.74, 6) is -0.143. The maximum absolute atomic E-state index is 11.8. The van der Waals surface area contributed by atoms with Crippen LogP contribution in [0, 0.1) is 6.92 Å². The molecule has 1 amide bonds. The number of anilines is 2. The molecule has 0 radical (unpaired) electrons. The Morgan fingerprint density at radius 2 is 2.24 bits per heavy atom. The summed E-state index contributed by atoms with van der Waals surface area (Å²) in [6.07, 6.45) is 0. The molecule has 0 atom stereocenters. The lowest BCUT2D eigenvalue weighted by Crippen LogP contribution is -2.12. The van der Waals surface area contributed by atoms with Crippen LogP contribution < -0.4 is 11.1 Å². The van der Waals surface area contributed by atoms with Crippen molar-refractivity contribution < 1.29 is 4.79 Å². The van der Waals surface area contributed by atoms with Crippen molar-refractivity contribution in [3.8, 4) is 0 Å². The number of aryl methyl sites for hydroxylation is 1. The van der Waals surface area contributed by atoms with E-state index >= 15 is 0 Å². The van der Waals surface area contributed by atoms with Gasteiger partial charge in [-0.1, -0.05) is 11.6 Å². The summed E-state index contributed by atoms with van der Waals surface area (Å²) in [7, 11) is 0. The molecule has 1 aromatic carbocycles. The van der Waals surface area contributed by atoms with Gasteiger partial charge in [-0.2, -0.15) is 11.3 Å². The number of thiophene rings is 1. The number of carbonyl (C=O) groups is 1. The molecule has 2 aromatic rings. The SMILES string of the molecule is Cc1cc(N)c(Cl)cc1NC(=O)c1ccsc1. The summed E-state index contributed by atoms with van der Waals surface area (Å²) in [6.45, 7) is 1.87. The quantitative estimate of drug-likeness (QED) is 0.817. The number of hydrogen-bond donors (Lipinski definition) is 2. The van der Waals surface area contributed by atoms with Crippen molar-refractivity contribution in [3.05, 3.63) is 45.1 Å². The van der Waals surface area contributed by atoms with Crippen molar-refractivity contribution in [1.29, 1.82) is 0 Å². The molecule has 1 aromatic heterocycles. The van der Waals surface area contributed by atoms with Crippen molar-refractivity contribution >= 4 is 40.2 Å².